The van der Waals surface area contributed by atoms with Gasteiger partial charge in [0.2, 0.25) is 0 Å². The van der Waals surface area contributed by atoms with Crippen molar-refractivity contribution in [3.8, 4) is 17.2 Å². The fourth-order valence-corrected chi connectivity index (χ4v) is 1.60. The second kappa shape index (κ2) is 4.36. The number of nitrogens with zero attached hydrogens (tertiary/aromatic N) is 2. The highest BCUT2D eigenvalue weighted by atomic mass is 32.1. The average molecular weight is 237 g/mol. The summed E-state index contributed by atoms with van der Waals surface area (Å²) >= 11 is 5.09. The molecular weight excluding hydrogens is 226 g/mol. The Morgan fingerprint density at radius 1 is 1.31 bits per heavy atom. The lowest BCUT2D eigenvalue weighted by Gasteiger charge is -2.10. The first-order valence-corrected chi connectivity index (χ1v) is 5.01. The summed E-state index contributed by atoms with van der Waals surface area (Å²) in [4.78, 5) is 0. The average Bonchev–Trinajstić information content (AvgIpc) is 2.74. The molecule has 6 heteroatoms. The third-order valence-corrected chi connectivity index (χ3v) is 2.49. The van der Waals surface area contributed by atoms with E-state index in [1.54, 1.807) is 31.2 Å². The summed E-state index contributed by atoms with van der Waals surface area (Å²) in [6.07, 6.45) is 1.60. The van der Waals surface area contributed by atoms with Crippen LogP contribution in [0.15, 0.2) is 24.5 Å². The third-order valence-electron chi connectivity index (χ3n) is 2.20. The first-order valence-electron chi connectivity index (χ1n) is 4.60. The van der Waals surface area contributed by atoms with Gasteiger partial charge < -0.3 is 9.47 Å². The molecule has 1 aromatic carbocycles. The van der Waals surface area contributed by atoms with E-state index in [-0.39, 0.29) is 0 Å². The number of benzene rings is 1. The van der Waals surface area contributed by atoms with Gasteiger partial charge in [-0.2, -0.15) is 5.10 Å². The quantitative estimate of drug-likeness (QED) is 0.829. The van der Waals surface area contributed by atoms with Crippen LogP contribution < -0.4 is 9.47 Å². The van der Waals surface area contributed by atoms with Crippen LogP contribution in [-0.2, 0) is 0 Å². The van der Waals surface area contributed by atoms with Gasteiger partial charge in [-0.05, 0) is 24.4 Å². The van der Waals surface area contributed by atoms with Crippen molar-refractivity contribution in [1.82, 2.24) is 14.8 Å². The minimum Gasteiger partial charge on any atom is -0.497 e. The van der Waals surface area contributed by atoms with Crippen LogP contribution in [0.4, 0.5) is 0 Å². The standard InChI is InChI=1S/C10H11N3O2S/c1-14-7-3-4-8(9(5-7)15-2)13-6-11-12-10(13)16/h3-6H,1-2H3,(H,12,16). The van der Waals surface area contributed by atoms with Crippen molar-refractivity contribution in [2.24, 2.45) is 0 Å². The summed E-state index contributed by atoms with van der Waals surface area (Å²) in [7, 11) is 3.21. The molecule has 0 spiro atoms. The van der Waals surface area contributed by atoms with Gasteiger partial charge >= 0.3 is 0 Å². The molecule has 0 radical (unpaired) electrons. The highest BCUT2D eigenvalue weighted by Crippen LogP contribution is 2.27. The highest BCUT2D eigenvalue weighted by molar-refractivity contribution is 7.71. The van der Waals surface area contributed by atoms with Crippen LogP contribution >= 0.6 is 12.2 Å². The van der Waals surface area contributed by atoms with E-state index < -0.39 is 0 Å². The third kappa shape index (κ3) is 1.79. The molecule has 0 aliphatic heterocycles. The molecule has 1 N–H and O–H groups in total. The molecule has 0 aliphatic carbocycles. The fourth-order valence-electron chi connectivity index (χ4n) is 1.40. The van der Waals surface area contributed by atoms with Crippen LogP contribution in [0.5, 0.6) is 11.5 Å². The SMILES string of the molecule is COc1ccc(-n2cn[nH]c2=S)c(OC)c1. The van der Waals surface area contributed by atoms with Crippen molar-refractivity contribution in [1.29, 1.82) is 0 Å². The second-order valence-electron chi connectivity index (χ2n) is 3.07. The van der Waals surface area contributed by atoms with Gasteiger partial charge in [0.25, 0.3) is 0 Å². The van der Waals surface area contributed by atoms with Crippen LogP contribution in [0.3, 0.4) is 0 Å². The number of H-pyrrole nitrogens is 1. The van der Waals surface area contributed by atoms with Gasteiger partial charge in [0.1, 0.15) is 17.8 Å². The van der Waals surface area contributed by atoms with Crippen LogP contribution in [0.1, 0.15) is 0 Å². The largest absolute Gasteiger partial charge is 0.497 e. The van der Waals surface area contributed by atoms with E-state index in [1.165, 1.54) is 0 Å². The summed E-state index contributed by atoms with van der Waals surface area (Å²) in [5, 5.41) is 6.55. The predicted molar refractivity (Wildman–Crippen MR) is 61.9 cm³/mol. The molecule has 0 saturated heterocycles. The smallest absolute Gasteiger partial charge is 0.199 e. The van der Waals surface area contributed by atoms with E-state index in [4.69, 9.17) is 21.7 Å². The Balaban J connectivity index is 2.57. The summed E-state index contributed by atoms with van der Waals surface area (Å²) in [6.45, 7) is 0. The Morgan fingerprint density at radius 3 is 2.69 bits per heavy atom. The topological polar surface area (TPSA) is 52.1 Å². The first kappa shape index (κ1) is 10.7. The van der Waals surface area contributed by atoms with Crippen molar-refractivity contribution in [2.75, 3.05) is 14.2 Å². The Labute approximate surface area is 97.6 Å². The molecule has 2 rings (SSSR count). The molecule has 0 aliphatic rings. The maximum atomic E-state index is 5.28. The normalized spacial score (nSPS) is 10.1. The van der Waals surface area contributed by atoms with E-state index in [2.05, 4.69) is 10.2 Å². The molecule has 0 saturated carbocycles. The molecule has 0 amide bonds. The van der Waals surface area contributed by atoms with Gasteiger partial charge in [-0.3, -0.25) is 9.67 Å². The number of nitrogens with one attached hydrogen (secondary N) is 1. The molecule has 16 heavy (non-hydrogen) atoms. The number of aromatic amines is 1. The van der Waals surface area contributed by atoms with Crippen molar-refractivity contribution in [3.05, 3.63) is 29.3 Å². The molecular formula is C10H11N3O2S. The molecule has 0 atom stereocenters. The predicted octanol–water partition coefficient (Wildman–Crippen LogP) is 1.95. The van der Waals surface area contributed by atoms with Crippen LogP contribution in [0.25, 0.3) is 5.69 Å². The van der Waals surface area contributed by atoms with E-state index in [1.807, 2.05) is 12.1 Å². The Hall–Kier alpha value is -1.82. The number of hydrogen-bond acceptors (Lipinski definition) is 4. The van der Waals surface area contributed by atoms with Gasteiger partial charge in [0.05, 0.1) is 19.9 Å². The summed E-state index contributed by atoms with van der Waals surface area (Å²) in [5.74, 6) is 1.41. The molecule has 1 aromatic heterocycles. The number of ether oxygens (including phenoxy) is 2. The lowest BCUT2D eigenvalue weighted by molar-refractivity contribution is 0.393. The Bertz CT molecular complexity index is 547. The molecule has 84 valence electrons. The molecule has 5 nitrogen and oxygen atoms in total. The minimum atomic E-state index is 0.517. The first-order chi connectivity index (χ1) is 7.76. The monoisotopic (exact) mass is 237 g/mol. The molecule has 1 heterocycles. The van der Waals surface area contributed by atoms with Gasteiger partial charge in [0, 0.05) is 6.07 Å². The highest BCUT2D eigenvalue weighted by Gasteiger charge is 2.07. The number of hydrogen-bond donors (Lipinski definition) is 1. The van der Waals surface area contributed by atoms with E-state index in [0.717, 1.165) is 11.4 Å². The molecule has 0 bridgehead atoms. The second-order valence-corrected chi connectivity index (χ2v) is 3.46. The fraction of sp³-hybridized carbons (Fsp3) is 0.200. The van der Waals surface area contributed by atoms with Gasteiger partial charge in [-0.25, -0.2) is 0 Å². The van der Waals surface area contributed by atoms with E-state index in [9.17, 15) is 0 Å². The van der Waals surface area contributed by atoms with Crippen LogP contribution in [0.2, 0.25) is 0 Å². The maximum absolute atomic E-state index is 5.28. The zero-order valence-corrected chi connectivity index (χ0v) is 9.75. The Morgan fingerprint density at radius 2 is 2.12 bits per heavy atom. The van der Waals surface area contributed by atoms with Gasteiger partial charge in [0.15, 0.2) is 4.77 Å². The van der Waals surface area contributed by atoms with Gasteiger partial charge in [-0.1, -0.05) is 0 Å². The molecule has 0 unspecified atom stereocenters. The zero-order valence-electron chi connectivity index (χ0n) is 8.93. The molecule has 0 fully saturated rings. The Kier molecular flexibility index (Phi) is 2.91. The number of methoxy groups -OCH3 is 2. The lowest BCUT2D eigenvalue weighted by atomic mass is 10.2. The van der Waals surface area contributed by atoms with Crippen LogP contribution in [-0.4, -0.2) is 29.0 Å². The number of aromatic nitrogens is 3. The van der Waals surface area contributed by atoms with Crippen LogP contribution in [0, 0.1) is 4.77 Å². The minimum absolute atomic E-state index is 0.517. The van der Waals surface area contributed by atoms with Crippen molar-refractivity contribution >= 4 is 12.2 Å². The zero-order chi connectivity index (χ0) is 11.5. The van der Waals surface area contributed by atoms with Crippen molar-refractivity contribution in [3.63, 3.8) is 0 Å². The van der Waals surface area contributed by atoms with Gasteiger partial charge in [-0.15, -0.1) is 0 Å². The maximum Gasteiger partial charge on any atom is 0.199 e. The van der Waals surface area contributed by atoms with E-state index >= 15 is 0 Å². The van der Waals surface area contributed by atoms with E-state index in [0.29, 0.717) is 10.5 Å². The lowest BCUT2D eigenvalue weighted by Crippen LogP contribution is -1.97. The molecule has 2 aromatic rings. The summed E-state index contributed by atoms with van der Waals surface area (Å²) < 4.78 is 12.6. The summed E-state index contributed by atoms with van der Waals surface area (Å²) in [6, 6.07) is 5.50. The van der Waals surface area contributed by atoms with Crippen molar-refractivity contribution < 1.29 is 9.47 Å². The number of rotatable bonds is 3. The summed E-state index contributed by atoms with van der Waals surface area (Å²) in [5.41, 5.74) is 0.821. The van der Waals surface area contributed by atoms with Crippen molar-refractivity contribution in [2.45, 2.75) is 0 Å².